The topological polar surface area (TPSA) is 95.5 Å². The molecule has 0 aliphatic heterocycles. The molecule has 1 aromatic rings. The predicted molar refractivity (Wildman–Crippen MR) is 119 cm³/mol. The number of amides is 2. The highest BCUT2D eigenvalue weighted by atomic mass is 16.4. The van der Waals surface area contributed by atoms with Crippen molar-refractivity contribution in [1.29, 1.82) is 0 Å². The van der Waals surface area contributed by atoms with Crippen LogP contribution in [-0.4, -0.2) is 36.0 Å². The van der Waals surface area contributed by atoms with E-state index in [0.717, 1.165) is 18.4 Å². The first-order valence-corrected chi connectivity index (χ1v) is 10.9. The Balaban J connectivity index is 3.02. The monoisotopic (exact) mass is 418 g/mol. The predicted octanol–water partition coefficient (Wildman–Crippen LogP) is 3.79. The maximum Gasteiger partial charge on any atom is 0.306 e. The summed E-state index contributed by atoms with van der Waals surface area (Å²) < 4.78 is 0. The molecule has 2 amide bonds. The molecule has 1 aromatic carbocycles. The van der Waals surface area contributed by atoms with E-state index >= 15 is 0 Å². The summed E-state index contributed by atoms with van der Waals surface area (Å²) in [6.07, 6.45) is 3.77. The standard InChI is InChI=1S/C24H38N2O4/c1-6-7-13-19(23(29)30)16-18(15-14-17-11-9-8-10-12-17)21(27)26-20(22(28)25-5)24(2,3)4/h8-12,18-20H,6-7,13-16H2,1-5H3,(H,25,28)(H,26,27)(H,29,30)/t18-,19-,20+/m0/s1. The van der Waals surface area contributed by atoms with E-state index in [-0.39, 0.29) is 18.2 Å². The van der Waals surface area contributed by atoms with E-state index in [1.165, 1.54) is 0 Å². The molecule has 168 valence electrons. The number of hydrogen-bond acceptors (Lipinski definition) is 3. The van der Waals surface area contributed by atoms with Gasteiger partial charge in [0.1, 0.15) is 6.04 Å². The van der Waals surface area contributed by atoms with Gasteiger partial charge in [0.05, 0.1) is 5.92 Å². The summed E-state index contributed by atoms with van der Waals surface area (Å²) in [7, 11) is 1.55. The van der Waals surface area contributed by atoms with Crippen molar-refractivity contribution in [2.75, 3.05) is 7.05 Å². The normalized spacial score (nSPS) is 14.4. The molecule has 6 nitrogen and oxygen atoms in total. The lowest BCUT2D eigenvalue weighted by molar-refractivity contribution is -0.143. The SMILES string of the molecule is CCCC[C@@H](C[C@H](CCc1ccccc1)C(=O)N[C@H](C(=O)NC)C(C)(C)C)C(=O)O. The molecule has 0 saturated heterocycles. The molecule has 0 heterocycles. The van der Waals surface area contributed by atoms with E-state index in [9.17, 15) is 19.5 Å². The second-order valence-electron chi connectivity index (χ2n) is 9.06. The van der Waals surface area contributed by atoms with E-state index in [0.29, 0.717) is 19.3 Å². The average Bonchev–Trinajstić information content (AvgIpc) is 2.70. The summed E-state index contributed by atoms with van der Waals surface area (Å²) in [5, 5.41) is 15.2. The minimum absolute atomic E-state index is 0.251. The number of carbonyl (C=O) groups excluding carboxylic acids is 2. The van der Waals surface area contributed by atoms with Crippen molar-refractivity contribution in [2.24, 2.45) is 17.3 Å². The first-order valence-electron chi connectivity index (χ1n) is 10.9. The van der Waals surface area contributed by atoms with Gasteiger partial charge in [0, 0.05) is 13.0 Å². The molecule has 0 bridgehead atoms. The Bertz CT molecular complexity index is 682. The van der Waals surface area contributed by atoms with Gasteiger partial charge in [0.15, 0.2) is 0 Å². The van der Waals surface area contributed by atoms with Crippen LogP contribution in [0.5, 0.6) is 0 Å². The minimum Gasteiger partial charge on any atom is -0.481 e. The van der Waals surface area contributed by atoms with Gasteiger partial charge in [-0.3, -0.25) is 14.4 Å². The van der Waals surface area contributed by atoms with Crippen LogP contribution in [0, 0.1) is 17.3 Å². The number of aryl methyl sites for hydroxylation is 1. The number of nitrogens with one attached hydrogen (secondary N) is 2. The maximum atomic E-state index is 13.2. The van der Waals surface area contributed by atoms with Gasteiger partial charge in [0.2, 0.25) is 11.8 Å². The van der Waals surface area contributed by atoms with E-state index in [4.69, 9.17) is 0 Å². The summed E-state index contributed by atoms with van der Waals surface area (Å²) in [6.45, 7) is 7.71. The Morgan fingerprint density at radius 1 is 1.00 bits per heavy atom. The van der Waals surface area contributed by atoms with Crippen LogP contribution >= 0.6 is 0 Å². The van der Waals surface area contributed by atoms with Crippen molar-refractivity contribution in [2.45, 2.75) is 72.3 Å². The molecule has 0 fully saturated rings. The van der Waals surface area contributed by atoms with Gasteiger partial charge in [-0.1, -0.05) is 70.9 Å². The molecule has 3 N–H and O–H groups in total. The molecule has 0 spiro atoms. The molecule has 0 saturated carbocycles. The lowest BCUT2D eigenvalue weighted by Crippen LogP contribution is -2.54. The van der Waals surface area contributed by atoms with Crippen LogP contribution in [0.1, 0.15) is 65.4 Å². The highest BCUT2D eigenvalue weighted by Gasteiger charge is 2.35. The Kier molecular flexibility index (Phi) is 10.6. The maximum absolute atomic E-state index is 13.2. The third kappa shape index (κ3) is 8.56. The number of carboxylic acids is 1. The molecular formula is C24H38N2O4. The summed E-state index contributed by atoms with van der Waals surface area (Å²) in [5.41, 5.74) is 0.642. The number of aliphatic carboxylic acids is 1. The second-order valence-corrected chi connectivity index (χ2v) is 9.06. The zero-order valence-corrected chi connectivity index (χ0v) is 19.0. The largest absolute Gasteiger partial charge is 0.481 e. The molecule has 30 heavy (non-hydrogen) atoms. The molecule has 6 heteroatoms. The zero-order chi connectivity index (χ0) is 22.7. The molecule has 0 aromatic heterocycles. The molecule has 0 aliphatic carbocycles. The van der Waals surface area contributed by atoms with E-state index in [1.54, 1.807) is 7.05 Å². The number of likely N-dealkylation sites (N-methyl/N-ethyl adjacent to an activating group) is 1. The molecule has 0 aliphatic rings. The van der Waals surface area contributed by atoms with Crippen molar-refractivity contribution in [3.63, 3.8) is 0 Å². The van der Waals surface area contributed by atoms with Gasteiger partial charge in [-0.2, -0.15) is 0 Å². The number of carbonyl (C=O) groups is 3. The first kappa shape index (κ1) is 25.7. The van der Waals surface area contributed by atoms with Gasteiger partial charge in [-0.15, -0.1) is 0 Å². The minimum atomic E-state index is -0.861. The quantitative estimate of drug-likeness (QED) is 0.481. The lowest BCUT2D eigenvalue weighted by Gasteiger charge is -2.31. The Morgan fingerprint density at radius 3 is 2.13 bits per heavy atom. The van der Waals surface area contributed by atoms with Crippen LogP contribution in [0.15, 0.2) is 30.3 Å². The highest BCUT2D eigenvalue weighted by molar-refractivity contribution is 5.89. The summed E-state index contributed by atoms with van der Waals surface area (Å²) in [5.74, 6) is -2.41. The Morgan fingerprint density at radius 2 is 1.63 bits per heavy atom. The fraction of sp³-hybridized carbons (Fsp3) is 0.625. The van der Waals surface area contributed by atoms with E-state index in [2.05, 4.69) is 10.6 Å². The van der Waals surface area contributed by atoms with Gasteiger partial charge in [-0.25, -0.2) is 0 Å². The summed E-state index contributed by atoms with van der Waals surface area (Å²) in [6, 6.07) is 9.16. The van der Waals surface area contributed by atoms with Crippen LogP contribution < -0.4 is 10.6 Å². The third-order valence-corrected chi connectivity index (χ3v) is 5.48. The Labute approximate surface area is 180 Å². The van der Waals surface area contributed by atoms with Crippen molar-refractivity contribution < 1.29 is 19.5 Å². The smallest absolute Gasteiger partial charge is 0.306 e. The summed E-state index contributed by atoms with van der Waals surface area (Å²) >= 11 is 0. The van der Waals surface area contributed by atoms with Crippen LogP contribution in [-0.2, 0) is 20.8 Å². The van der Waals surface area contributed by atoms with Gasteiger partial charge >= 0.3 is 5.97 Å². The number of unbranched alkanes of at least 4 members (excludes halogenated alkanes) is 1. The van der Waals surface area contributed by atoms with Crippen LogP contribution in [0.3, 0.4) is 0 Å². The number of rotatable bonds is 12. The van der Waals surface area contributed by atoms with Gasteiger partial charge in [-0.05, 0) is 36.7 Å². The Hall–Kier alpha value is -2.37. The van der Waals surface area contributed by atoms with Crippen molar-refractivity contribution in [3.05, 3.63) is 35.9 Å². The number of benzene rings is 1. The van der Waals surface area contributed by atoms with Crippen LogP contribution in [0.2, 0.25) is 0 Å². The van der Waals surface area contributed by atoms with Crippen molar-refractivity contribution in [1.82, 2.24) is 10.6 Å². The second kappa shape index (κ2) is 12.4. The zero-order valence-electron chi connectivity index (χ0n) is 19.0. The lowest BCUT2D eigenvalue weighted by atomic mass is 9.83. The molecule has 0 radical (unpaired) electrons. The molecular weight excluding hydrogens is 380 g/mol. The van der Waals surface area contributed by atoms with Crippen LogP contribution in [0.4, 0.5) is 0 Å². The molecule has 1 rings (SSSR count). The fourth-order valence-corrected chi connectivity index (χ4v) is 3.56. The summed E-state index contributed by atoms with van der Waals surface area (Å²) in [4.78, 5) is 37.3. The van der Waals surface area contributed by atoms with E-state index < -0.39 is 29.3 Å². The number of hydrogen-bond donors (Lipinski definition) is 3. The first-order chi connectivity index (χ1) is 14.1. The van der Waals surface area contributed by atoms with Gasteiger partial charge in [0.25, 0.3) is 0 Å². The molecule has 3 atom stereocenters. The third-order valence-electron chi connectivity index (χ3n) is 5.48. The fourth-order valence-electron chi connectivity index (χ4n) is 3.56. The van der Waals surface area contributed by atoms with Crippen molar-refractivity contribution >= 4 is 17.8 Å². The van der Waals surface area contributed by atoms with Gasteiger partial charge < -0.3 is 15.7 Å². The van der Waals surface area contributed by atoms with Crippen molar-refractivity contribution in [3.8, 4) is 0 Å². The molecule has 0 unspecified atom stereocenters. The van der Waals surface area contributed by atoms with Crippen LogP contribution in [0.25, 0.3) is 0 Å². The van der Waals surface area contributed by atoms with E-state index in [1.807, 2.05) is 58.0 Å². The number of carboxylic acid groups (broad SMARTS) is 1. The highest BCUT2D eigenvalue weighted by Crippen LogP contribution is 2.25. The average molecular weight is 419 g/mol.